The Hall–Kier alpha value is -0.530. The molecule has 0 saturated heterocycles. The summed E-state index contributed by atoms with van der Waals surface area (Å²) in [6.07, 6.45) is 1.37. The zero-order chi connectivity index (χ0) is 13.9. The molecule has 0 aliphatic heterocycles. The third-order valence-corrected chi connectivity index (χ3v) is 3.71. The summed E-state index contributed by atoms with van der Waals surface area (Å²) in [5.41, 5.74) is 2.93. The van der Waals surface area contributed by atoms with Crippen molar-refractivity contribution in [2.24, 2.45) is 0 Å². The number of methoxy groups -OCH3 is 1. The largest absolute Gasteiger partial charge is 0.389 e. The molecule has 5 nitrogen and oxygen atoms in total. The molecule has 1 rings (SSSR count). The minimum Gasteiger partial charge on any atom is -0.389 e. The van der Waals surface area contributed by atoms with Gasteiger partial charge in [0, 0.05) is 31.6 Å². The van der Waals surface area contributed by atoms with Crippen LogP contribution in [0.3, 0.4) is 0 Å². The second-order valence-corrected chi connectivity index (χ2v) is 5.33. The van der Waals surface area contributed by atoms with Crippen LogP contribution in [0.1, 0.15) is 17.0 Å². The lowest BCUT2D eigenvalue weighted by Crippen LogP contribution is -2.31. The van der Waals surface area contributed by atoms with Crippen LogP contribution in [0.2, 0.25) is 0 Å². The van der Waals surface area contributed by atoms with E-state index >= 15 is 0 Å². The Morgan fingerprint density at radius 1 is 1.47 bits per heavy atom. The number of hydrogen-bond donors (Lipinski definition) is 2. The van der Waals surface area contributed by atoms with Gasteiger partial charge in [-0.2, -0.15) is 0 Å². The van der Waals surface area contributed by atoms with Crippen LogP contribution in [0.5, 0.6) is 0 Å². The first-order valence-electron chi connectivity index (χ1n) is 6.58. The second kappa shape index (κ2) is 10.3. The van der Waals surface area contributed by atoms with Crippen LogP contribution in [0, 0.1) is 6.92 Å². The van der Waals surface area contributed by atoms with Crippen LogP contribution in [-0.2, 0) is 15.9 Å². The fourth-order valence-electron chi connectivity index (χ4n) is 1.62. The summed E-state index contributed by atoms with van der Waals surface area (Å²) in [7, 11) is 1.69. The van der Waals surface area contributed by atoms with Gasteiger partial charge in [-0.25, -0.2) is 4.98 Å². The molecule has 0 amide bonds. The molecule has 1 aromatic heterocycles. The maximum atomic E-state index is 9.69. The van der Waals surface area contributed by atoms with Gasteiger partial charge in [0.05, 0.1) is 30.5 Å². The average molecular weight is 288 g/mol. The van der Waals surface area contributed by atoms with Crippen LogP contribution in [0.25, 0.3) is 0 Å². The van der Waals surface area contributed by atoms with E-state index in [-0.39, 0.29) is 0 Å². The van der Waals surface area contributed by atoms with E-state index in [1.54, 1.807) is 18.4 Å². The van der Waals surface area contributed by atoms with Gasteiger partial charge in [-0.05, 0) is 19.9 Å². The molecule has 110 valence electrons. The third-order valence-electron chi connectivity index (χ3n) is 2.71. The molecular weight excluding hydrogens is 264 g/mol. The number of aryl methyl sites for hydroxylation is 1. The van der Waals surface area contributed by atoms with Crippen LogP contribution in [0.15, 0.2) is 5.51 Å². The molecule has 19 heavy (non-hydrogen) atoms. The number of rotatable bonds is 11. The third kappa shape index (κ3) is 7.59. The molecule has 0 bridgehead atoms. The van der Waals surface area contributed by atoms with Gasteiger partial charge in [0.15, 0.2) is 0 Å². The summed E-state index contributed by atoms with van der Waals surface area (Å²) in [4.78, 5) is 5.45. The van der Waals surface area contributed by atoms with Gasteiger partial charge >= 0.3 is 0 Å². The smallest absolute Gasteiger partial charge is 0.0897 e. The Bertz CT molecular complexity index is 333. The number of aliphatic hydroxyl groups excluding tert-OH is 1. The second-order valence-electron chi connectivity index (χ2n) is 4.39. The Kier molecular flexibility index (Phi) is 8.94. The van der Waals surface area contributed by atoms with Crippen molar-refractivity contribution in [2.75, 3.05) is 40.0 Å². The molecule has 0 saturated carbocycles. The van der Waals surface area contributed by atoms with Crippen LogP contribution >= 0.6 is 11.3 Å². The van der Waals surface area contributed by atoms with Gasteiger partial charge in [0.2, 0.25) is 0 Å². The van der Waals surface area contributed by atoms with Crippen LogP contribution in [0.4, 0.5) is 0 Å². The maximum Gasteiger partial charge on any atom is 0.0897 e. The predicted octanol–water partition coefficient (Wildman–Crippen LogP) is 0.998. The molecule has 1 heterocycles. The van der Waals surface area contributed by atoms with E-state index in [4.69, 9.17) is 9.47 Å². The zero-order valence-corrected chi connectivity index (χ0v) is 12.5. The summed E-state index contributed by atoms with van der Waals surface area (Å²) in [6, 6.07) is 0. The highest BCUT2D eigenvalue weighted by atomic mass is 32.1. The van der Waals surface area contributed by atoms with Gasteiger partial charge in [0.25, 0.3) is 0 Å². The SMILES string of the molecule is COCCCNCC(O)COCCc1scnc1C. The number of hydrogen-bond acceptors (Lipinski definition) is 6. The lowest BCUT2D eigenvalue weighted by Gasteiger charge is -2.12. The highest BCUT2D eigenvalue weighted by Crippen LogP contribution is 2.12. The molecule has 0 aromatic carbocycles. The molecule has 0 aliphatic rings. The first-order valence-corrected chi connectivity index (χ1v) is 7.46. The van der Waals surface area contributed by atoms with E-state index in [0.717, 1.165) is 31.7 Å². The van der Waals surface area contributed by atoms with Crippen molar-refractivity contribution >= 4 is 11.3 Å². The van der Waals surface area contributed by atoms with Crippen molar-refractivity contribution in [1.82, 2.24) is 10.3 Å². The lowest BCUT2D eigenvalue weighted by molar-refractivity contribution is 0.0383. The first kappa shape index (κ1) is 16.5. The number of nitrogens with one attached hydrogen (secondary N) is 1. The highest BCUT2D eigenvalue weighted by Gasteiger charge is 2.05. The lowest BCUT2D eigenvalue weighted by atomic mass is 10.3. The summed E-state index contributed by atoms with van der Waals surface area (Å²) in [6.45, 7) is 5.16. The molecule has 0 radical (unpaired) electrons. The molecule has 1 atom stereocenters. The molecule has 0 fully saturated rings. The number of aliphatic hydroxyl groups is 1. The molecule has 1 aromatic rings. The van der Waals surface area contributed by atoms with Crippen molar-refractivity contribution in [3.8, 4) is 0 Å². The van der Waals surface area contributed by atoms with E-state index in [1.165, 1.54) is 4.88 Å². The van der Waals surface area contributed by atoms with Crippen molar-refractivity contribution < 1.29 is 14.6 Å². The quantitative estimate of drug-likeness (QED) is 0.595. The normalized spacial score (nSPS) is 12.8. The average Bonchev–Trinajstić information content (AvgIpc) is 2.80. The van der Waals surface area contributed by atoms with E-state index in [2.05, 4.69) is 10.3 Å². The Morgan fingerprint density at radius 2 is 2.32 bits per heavy atom. The summed E-state index contributed by atoms with van der Waals surface area (Å²) in [5, 5.41) is 12.9. The zero-order valence-electron chi connectivity index (χ0n) is 11.7. The van der Waals surface area contributed by atoms with E-state index in [0.29, 0.717) is 19.8 Å². The van der Waals surface area contributed by atoms with Crippen molar-refractivity contribution in [1.29, 1.82) is 0 Å². The fourth-order valence-corrected chi connectivity index (χ4v) is 2.38. The van der Waals surface area contributed by atoms with Crippen molar-refractivity contribution in [3.05, 3.63) is 16.1 Å². The minimum atomic E-state index is -0.454. The maximum absolute atomic E-state index is 9.69. The number of nitrogens with zero attached hydrogens (tertiary/aromatic N) is 1. The fraction of sp³-hybridized carbons (Fsp3) is 0.769. The Balaban J connectivity index is 1.95. The first-order chi connectivity index (χ1) is 9.24. The molecule has 1 unspecified atom stereocenters. The Morgan fingerprint density at radius 3 is 3.00 bits per heavy atom. The van der Waals surface area contributed by atoms with Gasteiger partial charge in [-0.15, -0.1) is 11.3 Å². The summed E-state index contributed by atoms with van der Waals surface area (Å²) < 4.78 is 10.4. The molecular formula is C13H24N2O3S. The van der Waals surface area contributed by atoms with Gasteiger partial charge < -0.3 is 19.9 Å². The summed E-state index contributed by atoms with van der Waals surface area (Å²) >= 11 is 1.65. The number of aromatic nitrogens is 1. The van der Waals surface area contributed by atoms with Gasteiger partial charge in [-0.1, -0.05) is 0 Å². The molecule has 0 aliphatic carbocycles. The van der Waals surface area contributed by atoms with E-state index < -0.39 is 6.10 Å². The monoisotopic (exact) mass is 288 g/mol. The van der Waals surface area contributed by atoms with Gasteiger partial charge in [-0.3, -0.25) is 0 Å². The van der Waals surface area contributed by atoms with Crippen LogP contribution < -0.4 is 5.32 Å². The van der Waals surface area contributed by atoms with E-state index in [9.17, 15) is 5.11 Å². The number of ether oxygens (including phenoxy) is 2. The molecule has 2 N–H and O–H groups in total. The highest BCUT2D eigenvalue weighted by molar-refractivity contribution is 7.09. The molecule has 6 heteroatoms. The van der Waals surface area contributed by atoms with E-state index in [1.807, 2.05) is 12.4 Å². The molecule has 0 spiro atoms. The Labute approximate surface area is 119 Å². The predicted molar refractivity (Wildman–Crippen MR) is 76.7 cm³/mol. The van der Waals surface area contributed by atoms with Crippen molar-refractivity contribution in [3.63, 3.8) is 0 Å². The van der Waals surface area contributed by atoms with Crippen LogP contribution in [-0.4, -0.2) is 56.2 Å². The van der Waals surface area contributed by atoms with Gasteiger partial charge in [0.1, 0.15) is 0 Å². The summed E-state index contributed by atoms with van der Waals surface area (Å²) in [5.74, 6) is 0. The minimum absolute atomic E-state index is 0.370. The number of thiazole rings is 1. The topological polar surface area (TPSA) is 63.6 Å². The van der Waals surface area contributed by atoms with Crippen molar-refractivity contribution in [2.45, 2.75) is 25.9 Å². The standard InChI is InChI=1S/C13H24N2O3S/c1-11-13(19-10-15-11)4-7-18-9-12(16)8-14-5-3-6-17-2/h10,12,14,16H,3-9H2,1-2H3.